The largest absolute Gasteiger partial charge is 0.348 e. The number of nitro groups is 1. The van der Waals surface area contributed by atoms with Crippen molar-refractivity contribution in [2.24, 2.45) is 0 Å². The third kappa shape index (κ3) is 3.05. The van der Waals surface area contributed by atoms with E-state index in [9.17, 15) is 28.1 Å². The number of nitrogens with one attached hydrogen (secondary N) is 2. The maximum atomic E-state index is 12.5. The van der Waals surface area contributed by atoms with Crippen molar-refractivity contribution in [3.8, 4) is 0 Å². The highest BCUT2D eigenvalue weighted by atomic mass is 35.5. The van der Waals surface area contributed by atoms with E-state index >= 15 is 0 Å². The van der Waals surface area contributed by atoms with Crippen molar-refractivity contribution in [2.45, 2.75) is 4.90 Å². The molecule has 0 radical (unpaired) electrons. The number of nitro benzene ring substituents is 1. The van der Waals surface area contributed by atoms with Gasteiger partial charge in [-0.15, -0.1) is 0 Å². The Morgan fingerprint density at radius 2 is 1.85 bits per heavy atom. The van der Waals surface area contributed by atoms with Crippen LogP contribution in [0.15, 0.2) is 56.9 Å². The number of hydrogen-bond donors (Lipinski definition) is 2. The van der Waals surface area contributed by atoms with Crippen LogP contribution >= 0.6 is 11.6 Å². The van der Waals surface area contributed by atoms with Gasteiger partial charge in [-0.25, -0.2) is 9.63 Å². The molecule has 0 amide bonds. The summed E-state index contributed by atoms with van der Waals surface area (Å²) in [6.07, 6.45) is 0. The van der Waals surface area contributed by atoms with Gasteiger partial charge >= 0.3 is 5.69 Å². The molecule has 0 saturated heterocycles. The molecule has 3 rings (SSSR count). The van der Waals surface area contributed by atoms with Gasteiger partial charge < -0.3 is 4.98 Å². The minimum Gasteiger partial charge on any atom is -0.305 e. The number of rotatable bonds is 4. The average Bonchev–Trinajstić information content (AvgIpc) is 2.58. The Labute approximate surface area is 149 Å². The summed E-state index contributed by atoms with van der Waals surface area (Å²) in [5.74, 6) is 0. The lowest BCUT2D eigenvalue weighted by Crippen LogP contribution is -2.43. The number of hydrogen-bond acceptors (Lipinski definition) is 6. The molecule has 0 atom stereocenters. The first-order chi connectivity index (χ1) is 12.2. The smallest absolute Gasteiger partial charge is 0.305 e. The van der Waals surface area contributed by atoms with E-state index in [1.165, 1.54) is 30.3 Å². The molecule has 0 fully saturated rings. The second kappa shape index (κ2) is 6.28. The van der Waals surface area contributed by atoms with E-state index in [4.69, 9.17) is 11.6 Å². The van der Waals surface area contributed by atoms with Crippen LogP contribution in [0, 0.1) is 10.1 Å². The summed E-state index contributed by atoms with van der Waals surface area (Å²) in [5, 5.41) is 11.3. The normalized spacial score (nSPS) is 11.4. The third-order valence-electron chi connectivity index (χ3n) is 3.42. The minimum atomic E-state index is -4.59. The summed E-state index contributed by atoms with van der Waals surface area (Å²) in [7, 11) is -4.59. The Morgan fingerprint density at radius 1 is 1.15 bits per heavy atom. The molecular weight excluding hydrogens is 388 g/mol. The second-order valence-corrected chi connectivity index (χ2v) is 7.15. The zero-order valence-corrected chi connectivity index (χ0v) is 14.2. The molecule has 1 heterocycles. The predicted molar refractivity (Wildman–Crippen MR) is 93.5 cm³/mol. The topological polar surface area (TPSA) is 144 Å². The molecule has 0 saturated carbocycles. The van der Waals surface area contributed by atoms with Crippen LogP contribution in [0.4, 0.5) is 5.69 Å². The number of sulfonamides is 1. The molecule has 0 unspecified atom stereocenters. The van der Waals surface area contributed by atoms with Crippen LogP contribution in [0.2, 0.25) is 5.02 Å². The Balaban J connectivity index is 2.18. The highest BCUT2D eigenvalue weighted by molar-refractivity contribution is 7.92. The van der Waals surface area contributed by atoms with E-state index in [2.05, 4.69) is 4.98 Å². The highest BCUT2D eigenvalue weighted by Crippen LogP contribution is 2.23. The van der Waals surface area contributed by atoms with E-state index in [1.54, 1.807) is 4.83 Å². The number of fused-ring (bicyclic) bond motifs is 1. The van der Waals surface area contributed by atoms with Crippen molar-refractivity contribution >= 4 is 38.2 Å². The molecule has 0 aliphatic heterocycles. The quantitative estimate of drug-likeness (QED) is 0.500. The van der Waals surface area contributed by atoms with Gasteiger partial charge in [-0.05, 0) is 24.3 Å². The minimum absolute atomic E-state index is 0.000684. The zero-order valence-electron chi connectivity index (χ0n) is 12.7. The van der Waals surface area contributed by atoms with Gasteiger partial charge in [-0.1, -0.05) is 23.7 Å². The summed E-state index contributed by atoms with van der Waals surface area (Å²) in [4.78, 5) is 38.1. The number of halogens is 1. The Hall–Kier alpha value is -3.18. The number of aromatic amines is 1. The maximum absolute atomic E-state index is 12.5. The van der Waals surface area contributed by atoms with Gasteiger partial charge in [0.15, 0.2) is 4.90 Å². The molecule has 0 aliphatic rings. The van der Waals surface area contributed by atoms with Gasteiger partial charge in [0, 0.05) is 11.1 Å². The van der Waals surface area contributed by atoms with Crippen LogP contribution in [0.5, 0.6) is 0 Å². The van der Waals surface area contributed by atoms with Gasteiger partial charge in [0.25, 0.3) is 21.3 Å². The van der Waals surface area contributed by atoms with Crippen molar-refractivity contribution in [3.63, 3.8) is 0 Å². The van der Waals surface area contributed by atoms with E-state index in [0.717, 1.165) is 12.1 Å². The fraction of sp³-hybridized carbons (Fsp3) is 0. The molecule has 12 heteroatoms. The van der Waals surface area contributed by atoms with Gasteiger partial charge in [0.2, 0.25) is 0 Å². The van der Waals surface area contributed by atoms with Gasteiger partial charge in [-0.3, -0.25) is 14.9 Å². The number of H-pyrrole nitrogens is 1. The molecule has 134 valence electrons. The molecule has 26 heavy (non-hydrogen) atoms. The summed E-state index contributed by atoms with van der Waals surface area (Å²) in [5.41, 5.74) is -2.61. The average molecular weight is 397 g/mol. The van der Waals surface area contributed by atoms with Gasteiger partial charge in [0.1, 0.15) is 0 Å². The lowest BCUT2D eigenvalue weighted by atomic mass is 10.2. The van der Waals surface area contributed by atoms with E-state index < -0.39 is 36.8 Å². The molecule has 10 nitrogen and oxygen atoms in total. The van der Waals surface area contributed by atoms with Crippen molar-refractivity contribution in [3.05, 3.63) is 78.4 Å². The van der Waals surface area contributed by atoms with Crippen LogP contribution in [0.25, 0.3) is 10.9 Å². The van der Waals surface area contributed by atoms with Gasteiger partial charge in [0.05, 0.1) is 15.8 Å². The first-order valence-corrected chi connectivity index (χ1v) is 8.77. The first-order valence-electron chi connectivity index (χ1n) is 6.91. The molecule has 2 N–H and O–H groups in total. The molecule has 0 spiro atoms. The van der Waals surface area contributed by atoms with Crippen LogP contribution in [0.3, 0.4) is 0 Å². The van der Waals surface area contributed by atoms with E-state index in [0.29, 0.717) is 0 Å². The van der Waals surface area contributed by atoms with Crippen LogP contribution in [-0.2, 0) is 10.0 Å². The molecule has 3 aromatic rings. The number of para-hydroxylation sites is 1. The lowest BCUT2D eigenvalue weighted by molar-refractivity contribution is -0.387. The number of benzene rings is 2. The summed E-state index contributed by atoms with van der Waals surface area (Å²) in [6.45, 7) is 0. The maximum Gasteiger partial charge on any atom is 0.348 e. The van der Waals surface area contributed by atoms with Crippen molar-refractivity contribution in [1.29, 1.82) is 0 Å². The SMILES string of the molecule is O=c1[nH]c2cc(Cl)ccc2c(=O)n1NS(=O)(=O)c1ccccc1[N+](=O)[O-]. The Kier molecular flexibility index (Phi) is 4.26. The Bertz CT molecular complexity index is 1260. The van der Waals surface area contributed by atoms with E-state index in [-0.39, 0.29) is 20.6 Å². The monoisotopic (exact) mass is 396 g/mol. The fourth-order valence-corrected chi connectivity index (χ4v) is 3.63. The molecule has 1 aromatic heterocycles. The lowest BCUT2D eigenvalue weighted by Gasteiger charge is -2.10. The summed E-state index contributed by atoms with van der Waals surface area (Å²) >= 11 is 5.79. The number of nitrogens with zero attached hydrogens (tertiary/aromatic N) is 2. The fourth-order valence-electron chi connectivity index (χ4n) is 2.28. The molecule has 2 aromatic carbocycles. The number of aromatic nitrogens is 2. The molecule has 0 aliphatic carbocycles. The van der Waals surface area contributed by atoms with Crippen molar-refractivity contribution in [2.75, 3.05) is 4.83 Å². The van der Waals surface area contributed by atoms with Crippen LogP contribution < -0.4 is 16.1 Å². The zero-order chi connectivity index (χ0) is 19.1. The molecule has 0 bridgehead atoms. The predicted octanol–water partition coefficient (Wildman–Crippen LogP) is 1.18. The van der Waals surface area contributed by atoms with Crippen molar-refractivity contribution < 1.29 is 13.3 Å². The highest BCUT2D eigenvalue weighted by Gasteiger charge is 2.26. The van der Waals surface area contributed by atoms with Crippen LogP contribution in [-0.4, -0.2) is 23.0 Å². The van der Waals surface area contributed by atoms with Gasteiger partial charge in [-0.2, -0.15) is 13.1 Å². The Morgan fingerprint density at radius 3 is 2.54 bits per heavy atom. The summed E-state index contributed by atoms with van der Waals surface area (Å²) < 4.78 is 25.2. The first kappa shape index (κ1) is 17.6. The third-order valence-corrected chi connectivity index (χ3v) is 5.01. The molecular formula is C14H9ClN4O6S. The second-order valence-electron chi connectivity index (χ2n) is 5.08. The summed E-state index contributed by atoms with van der Waals surface area (Å²) in [6, 6.07) is 8.58. The van der Waals surface area contributed by atoms with Crippen molar-refractivity contribution in [1.82, 2.24) is 9.66 Å². The van der Waals surface area contributed by atoms with Crippen LogP contribution in [0.1, 0.15) is 0 Å². The van der Waals surface area contributed by atoms with E-state index in [1.807, 2.05) is 0 Å². The standard InChI is InChI=1S/C14H9ClN4O6S/c15-8-5-6-9-10(7-8)16-14(21)18(13(9)20)17-26(24,25)12-4-2-1-3-11(12)19(22)23/h1-7,17H,(H,16,21).